The molecule has 1 aliphatic heterocycles. The number of carbonyl (C=O) groups excluding carboxylic acids is 1. The second-order valence-corrected chi connectivity index (χ2v) is 5.91. The molecular formula is C16H12N4O2S. The Bertz CT molecular complexity index is 850. The molecule has 2 aromatic heterocycles. The zero-order valence-corrected chi connectivity index (χ0v) is 12.9. The van der Waals surface area contributed by atoms with Crippen molar-refractivity contribution in [3.63, 3.8) is 0 Å². The molecule has 0 atom stereocenters. The zero-order chi connectivity index (χ0) is 15.6. The second-order valence-electron chi connectivity index (χ2n) is 4.88. The SMILES string of the molecule is O=C(c1cnc(-c2ncccn2)s1)N1CCOc2ccccc21. The molecule has 0 unspecified atom stereocenters. The number of hydrogen-bond donors (Lipinski definition) is 0. The van der Waals surface area contributed by atoms with Crippen molar-refractivity contribution >= 4 is 22.9 Å². The summed E-state index contributed by atoms with van der Waals surface area (Å²) in [7, 11) is 0. The number of para-hydroxylation sites is 2. The molecule has 0 N–H and O–H groups in total. The number of amides is 1. The summed E-state index contributed by atoms with van der Waals surface area (Å²) in [5, 5.41) is 0.635. The average molecular weight is 324 g/mol. The fraction of sp³-hybridized carbons (Fsp3) is 0.125. The lowest BCUT2D eigenvalue weighted by Crippen LogP contribution is -2.37. The Morgan fingerprint density at radius 2 is 1.96 bits per heavy atom. The van der Waals surface area contributed by atoms with Crippen molar-refractivity contribution in [2.75, 3.05) is 18.1 Å². The second kappa shape index (κ2) is 5.77. The molecule has 3 heterocycles. The lowest BCUT2D eigenvalue weighted by atomic mass is 10.2. The van der Waals surface area contributed by atoms with Gasteiger partial charge in [0.05, 0.1) is 18.4 Å². The smallest absolute Gasteiger partial charge is 0.270 e. The highest BCUT2D eigenvalue weighted by Crippen LogP contribution is 2.33. The van der Waals surface area contributed by atoms with Crippen LogP contribution in [0, 0.1) is 0 Å². The molecule has 1 aromatic carbocycles. The molecule has 7 heteroatoms. The molecule has 0 spiro atoms. The molecule has 0 bridgehead atoms. The van der Waals surface area contributed by atoms with Gasteiger partial charge in [-0.15, -0.1) is 11.3 Å². The molecule has 0 saturated carbocycles. The van der Waals surface area contributed by atoms with Gasteiger partial charge in [0.15, 0.2) is 10.8 Å². The van der Waals surface area contributed by atoms with Crippen molar-refractivity contribution < 1.29 is 9.53 Å². The summed E-state index contributed by atoms with van der Waals surface area (Å²) >= 11 is 1.29. The number of benzene rings is 1. The average Bonchev–Trinajstić information content (AvgIpc) is 3.11. The van der Waals surface area contributed by atoms with Crippen LogP contribution in [0.25, 0.3) is 10.8 Å². The van der Waals surface area contributed by atoms with E-state index in [0.717, 1.165) is 11.4 Å². The highest BCUT2D eigenvalue weighted by Gasteiger charge is 2.26. The van der Waals surface area contributed by atoms with E-state index >= 15 is 0 Å². The predicted octanol–water partition coefficient (Wildman–Crippen LogP) is 2.64. The van der Waals surface area contributed by atoms with Crippen molar-refractivity contribution in [3.05, 3.63) is 53.8 Å². The first-order valence-corrected chi connectivity index (χ1v) is 7.91. The van der Waals surface area contributed by atoms with Crippen LogP contribution in [0.1, 0.15) is 9.67 Å². The molecule has 0 aliphatic carbocycles. The Kier molecular flexibility index (Phi) is 3.47. The summed E-state index contributed by atoms with van der Waals surface area (Å²) in [4.78, 5) is 27.7. The van der Waals surface area contributed by atoms with Gasteiger partial charge in [-0.2, -0.15) is 0 Å². The summed E-state index contributed by atoms with van der Waals surface area (Å²) in [6, 6.07) is 9.28. The normalized spacial score (nSPS) is 13.3. The third-order valence-electron chi connectivity index (χ3n) is 3.45. The van der Waals surface area contributed by atoms with Gasteiger partial charge < -0.3 is 9.64 Å². The van der Waals surface area contributed by atoms with E-state index in [9.17, 15) is 4.79 Å². The Morgan fingerprint density at radius 1 is 1.13 bits per heavy atom. The molecule has 23 heavy (non-hydrogen) atoms. The molecular weight excluding hydrogens is 312 g/mol. The summed E-state index contributed by atoms with van der Waals surface area (Å²) in [5.41, 5.74) is 0.787. The van der Waals surface area contributed by atoms with E-state index in [2.05, 4.69) is 15.0 Å². The molecule has 114 valence electrons. The molecule has 6 nitrogen and oxygen atoms in total. The lowest BCUT2D eigenvalue weighted by molar-refractivity contribution is 0.0980. The minimum atomic E-state index is -0.0829. The Balaban J connectivity index is 1.65. The maximum Gasteiger partial charge on any atom is 0.270 e. The number of anilines is 1. The van der Waals surface area contributed by atoms with Crippen LogP contribution in [0.5, 0.6) is 5.75 Å². The van der Waals surface area contributed by atoms with Gasteiger partial charge >= 0.3 is 0 Å². The van der Waals surface area contributed by atoms with E-state index in [1.165, 1.54) is 11.3 Å². The number of thiazole rings is 1. The molecule has 0 radical (unpaired) electrons. The molecule has 1 aliphatic rings. The van der Waals surface area contributed by atoms with Crippen LogP contribution in [0.2, 0.25) is 0 Å². The van der Waals surface area contributed by atoms with Crippen LogP contribution in [0.3, 0.4) is 0 Å². The van der Waals surface area contributed by atoms with Crippen molar-refractivity contribution in [3.8, 4) is 16.6 Å². The van der Waals surface area contributed by atoms with Crippen LogP contribution in [-0.2, 0) is 0 Å². The van der Waals surface area contributed by atoms with E-state index in [1.54, 1.807) is 29.6 Å². The van der Waals surface area contributed by atoms with E-state index in [1.807, 2.05) is 24.3 Å². The van der Waals surface area contributed by atoms with Gasteiger partial charge in [0.1, 0.15) is 17.2 Å². The van der Waals surface area contributed by atoms with Gasteiger partial charge in [0.25, 0.3) is 5.91 Å². The first-order chi connectivity index (χ1) is 11.3. The number of aromatic nitrogens is 3. The quantitative estimate of drug-likeness (QED) is 0.725. The Labute approximate surface area is 136 Å². The van der Waals surface area contributed by atoms with Crippen LogP contribution in [0.4, 0.5) is 5.69 Å². The molecule has 0 saturated heterocycles. The summed E-state index contributed by atoms with van der Waals surface area (Å²) < 4.78 is 5.59. The maximum atomic E-state index is 12.8. The van der Waals surface area contributed by atoms with Gasteiger partial charge in [-0.05, 0) is 18.2 Å². The number of ether oxygens (including phenoxy) is 1. The van der Waals surface area contributed by atoms with E-state index in [4.69, 9.17) is 4.74 Å². The van der Waals surface area contributed by atoms with Crippen molar-refractivity contribution in [2.24, 2.45) is 0 Å². The predicted molar refractivity (Wildman–Crippen MR) is 86.8 cm³/mol. The third kappa shape index (κ3) is 2.55. The lowest BCUT2D eigenvalue weighted by Gasteiger charge is -2.28. The standard InChI is InChI=1S/C16H12N4O2S/c21-16(20-8-9-22-12-5-2-1-4-11(12)20)13-10-19-15(23-13)14-17-6-3-7-18-14/h1-7,10H,8-9H2. The first kappa shape index (κ1) is 13.8. The maximum absolute atomic E-state index is 12.8. The van der Waals surface area contributed by atoms with Gasteiger partial charge in [-0.1, -0.05) is 12.1 Å². The van der Waals surface area contributed by atoms with Crippen LogP contribution >= 0.6 is 11.3 Å². The van der Waals surface area contributed by atoms with Gasteiger partial charge in [0.2, 0.25) is 0 Å². The number of nitrogens with zero attached hydrogens (tertiary/aromatic N) is 4. The topological polar surface area (TPSA) is 68.2 Å². The zero-order valence-electron chi connectivity index (χ0n) is 12.0. The monoisotopic (exact) mass is 324 g/mol. The van der Waals surface area contributed by atoms with E-state index in [0.29, 0.717) is 28.9 Å². The van der Waals surface area contributed by atoms with E-state index in [-0.39, 0.29) is 5.91 Å². The Morgan fingerprint density at radius 3 is 2.83 bits per heavy atom. The van der Waals surface area contributed by atoms with Crippen molar-refractivity contribution in [1.29, 1.82) is 0 Å². The number of fused-ring (bicyclic) bond motifs is 1. The summed E-state index contributed by atoms with van der Waals surface area (Å²) in [5.74, 6) is 1.17. The largest absolute Gasteiger partial charge is 0.490 e. The number of carbonyl (C=O) groups is 1. The minimum Gasteiger partial charge on any atom is -0.490 e. The Hall–Kier alpha value is -2.80. The molecule has 1 amide bonds. The third-order valence-corrected chi connectivity index (χ3v) is 4.43. The van der Waals surface area contributed by atoms with Crippen LogP contribution in [-0.4, -0.2) is 34.0 Å². The number of hydrogen-bond acceptors (Lipinski definition) is 6. The summed E-state index contributed by atoms with van der Waals surface area (Å²) in [6.45, 7) is 1.00. The molecule has 0 fully saturated rings. The molecule has 4 rings (SSSR count). The summed E-state index contributed by atoms with van der Waals surface area (Å²) in [6.07, 6.45) is 4.89. The highest BCUT2D eigenvalue weighted by molar-refractivity contribution is 7.16. The van der Waals surface area contributed by atoms with Gasteiger partial charge in [0, 0.05) is 12.4 Å². The minimum absolute atomic E-state index is 0.0829. The van der Waals surface area contributed by atoms with Crippen LogP contribution < -0.4 is 9.64 Å². The van der Waals surface area contributed by atoms with Crippen LogP contribution in [0.15, 0.2) is 48.9 Å². The fourth-order valence-electron chi connectivity index (χ4n) is 2.40. The van der Waals surface area contributed by atoms with E-state index < -0.39 is 0 Å². The van der Waals surface area contributed by atoms with Gasteiger partial charge in [-0.25, -0.2) is 15.0 Å². The molecule has 3 aromatic rings. The first-order valence-electron chi connectivity index (χ1n) is 7.10. The van der Waals surface area contributed by atoms with Crippen molar-refractivity contribution in [1.82, 2.24) is 15.0 Å². The highest BCUT2D eigenvalue weighted by atomic mass is 32.1. The fourth-order valence-corrected chi connectivity index (χ4v) is 3.21. The van der Waals surface area contributed by atoms with Crippen molar-refractivity contribution in [2.45, 2.75) is 0 Å². The number of rotatable bonds is 2. The van der Waals surface area contributed by atoms with Gasteiger partial charge in [-0.3, -0.25) is 4.79 Å².